The maximum Gasteiger partial charge on any atom is 0.287 e. The van der Waals surface area contributed by atoms with E-state index >= 15 is 0 Å². The summed E-state index contributed by atoms with van der Waals surface area (Å²) in [5, 5.41) is 4.38. The SMILES string of the molecule is C=CCn1ncc(N2CCC(C(C)N)CC2)c(Cl)c1=O. The predicted molar refractivity (Wildman–Crippen MR) is 82.3 cm³/mol. The average molecular weight is 297 g/mol. The zero-order chi connectivity index (χ0) is 14.7. The highest BCUT2D eigenvalue weighted by Crippen LogP contribution is 2.27. The third-order valence-electron chi connectivity index (χ3n) is 3.89. The van der Waals surface area contributed by atoms with Crippen LogP contribution in [-0.2, 0) is 6.54 Å². The standard InChI is InChI=1S/C14H21ClN4O/c1-3-6-19-14(20)13(15)12(9-17-19)18-7-4-11(5-8-18)10(2)16/h3,9-11H,1,4-8,16H2,2H3. The van der Waals surface area contributed by atoms with E-state index in [4.69, 9.17) is 17.3 Å². The molecule has 2 N–H and O–H groups in total. The first-order valence-corrected chi connectivity index (χ1v) is 7.29. The Kier molecular flexibility index (Phi) is 4.83. The minimum atomic E-state index is -0.265. The molecule has 0 saturated carbocycles. The van der Waals surface area contributed by atoms with E-state index in [9.17, 15) is 4.79 Å². The van der Waals surface area contributed by atoms with Gasteiger partial charge in [0.1, 0.15) is 5.02 Å². The summed E-state index contributed by atoms with van der Waals surface area (Å²) in [7, 11) is 0. The topological polar surface area (TPSA) is 64.2 Å². The predicted octanol–water partition coefficient (Wildman–Crippen LogP) is 1.65. The zero-order valence-corrected chi connectivity index (χ0v) is 12.5. The fourth-order valence-electron chi connectivity index (χ4n) is 2.60. The van der Waals surface area contributed by atoms with Gasteiger partial charge >= 0.3 is 0 Å². The smallest absolute Gasteiger partial charge is 0.287 e. The molecule has 2 rings (SSSR count). The summed E-state index contributed by atoms with van der Waals surface area (Å²) in [6.45, 7) is 7.73. The van der Waals surface area contributed by atoms with Crippen LogP contribution in [0.5, 0.6) is 0 Å². The third-order valence-corrected chi connectivity index (χ3v) is 4.25. The van der Waals surface area contributed by atoms with Crippen LogP contribution in [0.25, 0.3) is 0 Å². The number of allylic oxidation sites excluding steroid dienone is 1. The van der Waals surface area contributed by atoms with Crippen LogP contribution in [0, 0.1) is 5.92 Å². The van der Waals surface area contributed by atoms with E-state index in [-0.39, 0.29) is 16.6 Å². The van der Waals surface area contributed by atoms with Crippen LogP contribution in [-0.4, -0.2) is 28.9 Å². The molecule has 1 atom stereocenters. The first-order valence-electron chi connectivity index (χ1n) is 6.91. The molecule has 1 aromatic heterocycles. The molecule has 0 bridgehead atoms. The van der Waals surface area contributed by atoms with Crippen LogP contribution in [0.4, 0.5) is 5.69 Å². The third kappa shape index (κ3) is 3.04. The Morgan fingerprint density at radius 2 is 2.25 bits per heavy atom. The van der Waals surface area contributed by atoms with Crippen LogP contribution >= 0.6 is 11.6 Å². The molecule has 5 nitrogen and oxygen atoms in total. The van der Waals surface area contributed by atoms with E-state index in [2.05, 4.69) is 16.6 Å². The van der Waals surface area contributed by atoms with Gasteiger partial charge < -0.3 is 10.6 Å². The fourth-order valence-corrected chi connectivity index (χ4v) is 2.86. The Labute approximate surface area is 124 Å². The highest BCUT2D eigenvalue weighted by molar-refractivity contribution is 6.33. The summed E-state index contributed by atoms with van der Waals surface area (Å²) in [5.41, 5.74) is 6.40. The Balaban J connectivity index is 2.17. The van der Waals surface area contributed by atoms with E-state index in [0.717, 1.165) is 31.6 Å². The summed E-state index contributed by atoms with van der Waals surface area (Å²) in [6, 6.07) is 0.214. The minimum Gasteiger partial charge on any atom is -0.369 e. The Bertz CT molecular complexity index is 532. The molecule has 0 amide bonds. The van der Waals surface area contributed by atoms with Crippen LogP contribution < -0.4 is 16.2 Å². The molecule has 0 aromatic carbocycles. The second-order valence-corrected chi connectivity index (χ2v) is 5.68. The lowest BCUT2D eigenvalue weighted by Crippen LogP contribution is -2.40. The number of anilines is 1. The zero-order valence-electron chi connectivity index (χ0n) is 11.8. The number of nitrogens with zero attached hydrogens (tertiary/aromatic N) is 3. The van der Waals surface area contributed by atoms with E-state index in [1.807, 2.05) is 6.92 Å². The molecule has 20 heavy (non-hydrogen) atoms. The van der Waals surface area contributed by atoms with Crippen molar-refractivity contribution in [3.05, 3.63) is 34.2 Å². The summed E-state index contributed by atoms with van der Waals surface area (Å²) >= 11 is 6.19. The minimum absolute atomic E-state index is 0.214. The monoisotopic (exact) mass is 296 g/mol. The number of rotatable bonds is 4. The largest absolute Gasteiger partial charge is 0.369 e. The maximum absolute atomic E-state index is 12.1. The Morgan fingerprint density at radius 1 is 1.60 bits per heavy atom. The first-order chi connectivity index (χ1) is 9.54. The summed E-state index contributed by atoms with van der Waals surface area (Å²) in [6.07, 6.45) is 5.32. The number of hydrogen-bond acceptors (Lipinski definition) is 4. The maximum atomic E-state index is 12.1. The average Bonchev–Trinajstić information content (AvgIpc) is 2.44. The molecule has 1 aliphatic rings. The van der Waals surface area contributed by atoms with Crippen molar-refractivity contribution < 1.29 is 0 Å². The van der Waals surface area contributed by atoms with Gasteiger partial charge in [0.05, 0.1) is 18.4 Å². The van der Waals surface area contributed by atoms with Gasteiger partial charge in [-0.05, 0) is 25.7 Å². The number of piperidine rings is 1. The number of halogens is 1. The highest BCUT2D eigenvalue weighted by Gasteiger charge is 2.24. The summed E-state index contributed by atoms with van der Waals surface area (Å²) < 4.78 is 1.31. The van der Waals surface area contributed by atoms with Gasteiger partial charge in [0.25, 0.3) is 5.56 Å². The van der Waals surface area contributed by atoms with Crippen molar-refractivity contribution in [2.24, 2.45) is 11.7 Å². The second kappa shape index (κ2) is 6.41. The van der Waals surface area contributed by atoms with Crippen LogP contribution in [0.15, 0.2) is 23.6 Å². The van der Waals surface area contributed by atoms with Gasteiger partial charge in [-0.2, -0.15) is 5.10 Å². The molecule has 1 fully saturated rings. The van der Waals surface area contributed by atoms with E-state index in [0.29, 0.717) is 12.5 Å². The molecular formula is C14H21ClN4O. The van der Waals surface area contributed by atoms with Crippen LogP contribution in [0.2, 0.25) is 5.02 Å². The molecule has 1 unspecified atom stereocenters. The molecule has 110 valence electrons. The second-order valence-electron chi connectivity index (χ2n) is 5.30. The molecule has 0 radical (unpaired) electrons. The van der Waals surface area contributed by atoms with Gasteiger partial charge in [0.2, 0.25) is 0 Å². The van der Waals surface area contributed by atoms with Crippen molar-refractivity contribution in [3.63, 3.8) is 0 Å². The van der Waals surface area contributed by atoms with Gasteiger partial charge in [0.15, 0.2) is 0 Å². The van der Waals surface area contributed by atoms with Crippen molar-refractivity contribution in [2.75, 3.05) is 18.0 Å². The lowest BCUT2D eigenvalue weighted by molar-refractivity contribution is 0.354. The first kappa shape index (κ1) is 15.1. The van der Waals surface area contributed by atoms with E-state index in [1.54, 1.807) is 12.3 Å². The van der Waals surface area contributed by atoms with E-state index < -0.39 is 0 Å². The molecule has 0 aliphatic carbocycles. The van der Waals surface area contributed by atoms with E-state index in [1.165, 1.54) is 4.68 Å². The van der Waals surface area contributed by atoms with Gasteiger partial charge in [-0.25, -0.2) is 4.68 Å². The van der Waals surface area contributed by atoms with Crippen molar-refractivity contribution in [1.29, 1.82) is 0 Å². The van der Waals surface area contributed by atoms with Gasteiger partial charge in [-0.1, -0.05) is 17.7 Å². The molecule has 0 spiro atoms. The quantitative estimate of drug-likeness (QED) is 0.858. The van der Waals surface area contributed by atoms with Crippen molar-refractivity contribution in [1.82, 2.24) is 9.78 Å². The fraction of sp³-hybridized carbons (Fsp3) is 0.571. The molecule has 1 aliphatic heterocycles. The van der Waals surface area contributed by atoms with Crippen molar-refractivity contribution in [2.45, 2.75) is 32.4 Å². The summed E-state index contributed by atoms with van der Waals surface area (Å²) in [5.74, 6) is 0.541. The molecule has 6 heteroatoms. The molecular weight excluding hydrogens is 276 g/mol. The Morgan fingerprint density at radius 3 is 2.80 bits per heavy atom. The van der Waals surface area contributed by atoms with Crippen molar-refractivity contribution in [3.8, 4) is 0 Å². The number of hydrogen-bond donors (Lipinski definition) is 1. The van der Waals surface area contributed by atoms with Crippen LogP contribution in [0.1, 0.15) is 19.8 Å². The van der Waals surface area contributed by atoms with Gasteiger partial charge in [-0.15, -0.1) is 6.58 Å². The van der Waals surface area contributed by atoms with Gasteiger partial charge in [-0.3, -0.25) is 4.79 Å². The van der Waals surface area contributed by atoms with Gasteiger partial charge in [0, 0.05) is 19.1 Å². The molecule has 1 aromatic rings. The number of nitrogens with two attached hydrogens (primary N) is 1. The van der Waals surface area contributed by atoms with Crippen molar-refractivity contribution >= 4 is 17.3 Å². The summed E-state index contributed by atoms with van der Waals surface area (Å²) in [4.78, 5) is 14.2. The number of aromatic nitrogens is 2. The molecule has 2 heterocycles. The highest BCUT2D eigenvalue weighted by atomic mass is 35.5. The normalized spacial score (nSPS) is 18.1. The molecule has 1 saturated heterocycles. The Hall–Kier alpha value is -1.33. The lowest BCUT2D eigenvalue weighted by Gasteiger charge is -2.35. The lowest BCUT2D eigenvalue weighted by atomic mass is 9.91. The van der Waals surface area contributed by atoms with Crippen LogP contribution in [0.3, 0.4) is 0 Å².